The summed E-state index contributed by atoms with van der Waals surface area (Å²) in [6, 6.07) is 0. The number of rotatable bonds is 4. The minimum absolute atomic E-state index is 0.0800. The van der Waals surface area contributed by atoms with Crippen LogP contribution in [0.25, 0.3) is 0 Å². The lowest BCUT2D eigenvalue weighted by Gasteiger charge is -1.93. The first-order chi connectivity index (χ1) is 4.13. The van der Waals surface area contributed by atoms with Gasteiger partial charge in [0.2, 0.25) is 0 Å². The van der Waals surface area contributed by atoms with E-state index >= 15 is 0 Å². The van der Waals surface area contributed by atoms with Crippen LogP contribution in [-0.4, -0.2) is 23.7 Å². The van der Waals surface area contributed by atoms with E-state index in [1.807, 2.05) is 0 Å². The first-order valence-electron chi connectivity index (χ1n) is 2.28. The second kappa shape index (κ2) is 4.38. The lowest BCUT2D eigenvalue weighted by atomic mass is 10.7. The lowest BCUT2D eigenvalue weighted by molar-refractivity contribution is -0.634. The molecule has 0 aliphatic carbocycles. The monoisotopic (exact) mass is 152 g/mol. The molecule has 0 heterocycles. The molecule has 0 aromatic rings. The maximum absolute atomic E-state index is 9.88. The van der Waals surface area contributed by atoms with Crippen molar-refractivity contribution in [3.05, 3.63) is 0 Å². The molecular formula is C3H7NO4P+. The molecule has 0 rings (SSSR count). The van der Waals surface area contributed by atoms with E-state index in [0.29, 0.717) is 0 Å². The van der Waals surface area contributed by atoms with Gasteiger partial charge in [0.05, 0.1) is 5.97 Å². The highest BCUT2D eigenvalue weighted by atomic mass is 31.1. The number of carbonyl (C=O) groups is 1. The molecule has 0 amide bonds. The van der Waals surface area contributed by atoms with Crippen molar-refractivity contribution in [2.24, 2.45) is 0 Å². The maximum Gasteiger partial charge on any atom is 0.565 e. The third-order valence-electron chi connectivity index (χ3n) is 0.596. The second-order valence-corrected chi connectivity index (χ2v) is 2.47. The van der Waals surface area contributed by atoms with Crippen LogP contribution in [0.4, 0.5) is 0 Å². The third kappa shape index (κ3) is 7.49. The number of aliphatic carboxylic acids is 1. The summed E-state index contributed by atoms with van der Waals surface area (Å²) in [6.45, 7) is -0.262. The molecule has 0 bridgehead atoms. The van der Waals surface area contributed by atoms with Gasteiger partial charge in [-0.3, -0.25) is 5.32 Å². The van der Waals surface area contributed by atoms with Crippen LogP contribution in [-0.2, 0) is 9.36 Å². The van der Waals surface area contributed by atoms with Crippen LogP contribution >= 0.6 is 8.03 Å². The second-order valence-electron chi connectivity index (χ2n) is 1.40. The Kier molecular flexibility index (Phi) is 4.13. The van der Waals surface area contributed by atoms with E-state index in [0.717, 1.165) is 0 Å². The highest BCUT2D eigenvalue weighted by molar-refractivity contribution is 7.37. The molecular weight excluding hydrogens is 145 g/mol. The van der Waals surface area contributed by atoms with Gasteiger partial charge in [-0.05, 0) is 4.57 Å². The van der Waals surface area contributed by atoms with E-state index in [4.69, 9.17) is 4.89 Å². The van der Waals surface area contributed by atoms with Crippen LogP contribution in [0.15, 0.2) is 0 Å². The van der Waals surface area contributed by atoms with Crippen LogP contribution in [0.5, 0.6) is 0 Å². The zero-order valence-electron chi connectivity index (χ0n) is 4.61. The summed E-state index contributed by atoms with van der Waals surface area (Å²) < 4.78 is 9.88. The fraction of sp³-hybridized carbons (Fsp3) is 0.667. The Bertz CT molecular complexity index is 111. The minimum atomic E-state index is -2.23. The van der Waals surface area contributed by atoms with Gasteiger partial charge in [-0.25, -0.2) is 0 Å². The quantitative estimate of drug-likeness (QED) is 0.419. The van der Waals surface area contributed by atoms with E-state index in [-0.39, 0.29) is 12.8 Å². The molecule has 52 valence electrons. The van der Waals surface area contributed by atoms with Crippen LogP contribution in [0.2, 0.25) is 0 Å². The predicted octanol–water partition coefficient (Wildman–Crippen LogP) is -3.01. The van der Waals surface area contributed by atoms with E-state index in [1.54, 1.807) is 0 Å². The standard InChI is InChI=1S/C3H6NO4P/c5-3(6)1-4-2-9(7)8/h4H,1-2H2,(H-,5,6,7,8)/p+1. The number of carbonyl (C=O) groups excluding carboxylic acids is 1. The molecule has 0 spiro atoms. The molecule has 0 fully saturated rings. The SMILES string of the molecule is O=C([O-])C[NH2+]C[P+](=O)O. The topological polar surface area (TPSA) is 94.0 Å². The van der Waals surface area contributed by atoms with Gasteiger partial charge in [0, 0.05) is 0 Å². The smallest absolute Gasteiger partial charge is 0.544 e. The van der Waals surface area contributed by atoms with Crippen molar-refractivity contribution in [1.29, 1.82) is 0 Å². The summed E-state index contributed by atoms with van der Waals surface area (Å²) >= 11 is 0. The zero-order chi connectivity index (χ0) is 7.28. The normalized spacial score (nSPS) is 11.0. The van der Waals surface area contributed by atoms with Crippen molar-refractivity contribution in [3.63, 3.8) is 0 Å². The highest BCUT2D eigenvalue weighted by Crippen LogP contribution is 2.04. The van der Waals surface area contributed by atoms with Gasteiger partial charge in [0.15, 0.2) is 0 Å². The fourth-order valence-corrected chi connectivity index (χ4v) is 0.643. The summed E-state index contributed by atoms with van der Waals surface area (Å²) in [5.74, 6) is -1.23. The lowest BCUT2D eigenvalue weighted by Crippen LogP contribution is -2.86. The summed E-state index contributed by atoms with van der Waals surface area (Å²) in [5.41, 5.74) is 0. The first-order valence-corrected chi connectivity index (χ1v) is 3.67. The molecule has 6 heteroatoms. The van der Waals surface area contributed by atoms with Gasteiger partial charge in [0.25, 0.3) is 6.29 Å². The molecule has 0 aliphatic rings. The zero-order valence-corrected chi connectivity index (χ0v) is 5.51. The van der Waals surface area contributed by atoms with Gasteiger partial charge in [-0.15, -0.1) is 0 Å². The number of nitrogens with two attached hydrogens (primary N) is 1. The number of carboxylic acid groups (broad SMARTS) is 1. The Morgan fingerprint density at radius 1 is 1.78 bits per heavy atom. The third-order valence-corrected chi connectivity index (χ3v) is 1.17. The van der Waals surface area contributed by atoms with Crippen molar-refractivity contribution in [2.75, 3.05) is 12.8 Å². The molecule has 1 atom stereocenters. The molecule has 9 heavy (non-hydrogen) atoms. The summed E-state index contributed by atoms with van der Waals surface area (Å²) in [6.07, 6.45) is -0.0800. The average molecular weight is 152 g/mol. The molecule has 3 N–H and O–H groups in total. The summed E-state index contributed by atoms with van der Waals surface area (Å²) in [7, 11) is -2.23. The van der Waals surface area contributed by atoms with Crippen molar-refractivity contribution in [3.8, 4) is 0 Å². The maximum atomic E-state index is 9.88. The van der Waals surface area contributed by atoms with E-state index in [2.05, 4.69) is 0 Å². The molecule has 0 saturated carbocycles. The molecule has 0 aromatic carbocycles. The first kappa shape index (κ1) is 8.49. The van der Waals surface area contributed by atoms with Crippen molar-refractivity contribution in [1.82, 2.24) is 0 Å². The molecule has 0 saturated heterocycles. The van der Waals surface area contributed by atoms with Crippen molar-refractivity contribution < 1.29 is 24.7 Å². The van der Waals surface area contributed by atoms with Crippen LogP contribution in [0.3, 0.4) is 0 Å². The predicted molar refractivity (Wildman–Crippen MR) is 26.5 cm³/mol. The number of quaternary nitrogens is 1. The molecule has 1 unspecified atom stereocenters. The molecule has 0 aromatic heterocycles. The highest BCUT2D eigenvalue weighted by Gasteiger charge is 2.10. The number of hydrogen-bond donors (Lipinski definition) is 2. The van der Waals surface area contributed by atoms with Crippen LogP contribution in [0.1, 0.15) is 0 Å². The Balaban J connectivity index is 3.10. The van der Waals surface area contributed by atoms with E-state index < -0.39 is 14.0 Å². The van der Waals surface area contributed by atoms with Gasteiger partial charge in [0.1, 0.15) is 6.54 Å². The minimum Gasteiger partial charge on any atom is -0.544 e. The molecule has 0 aliphatic heterocycles. The van der Waals surface area contributed by atoms with Gasteiger partial charge in [-0.2, -0.15) is 4.89 Å². The number of carboxylic acids is 1. The Morgan fingerprint density at radius 2 is 2.33 bits per heavy atom. The van der Waals surface area contributed by atoms with Gasteiger partial charge in [-0.1, -0.05) is 0 Å². The summed E-state index contributed by atoms with van der Waals surface area (Å²) in [5, 5.41) is 10.9. The van der Waals surface area contributed by atoms with E-state index in [9.17, 15) is 14.5 Å². The van der Waals surface area contributed by atoms with Crippen LogP contribution in [0, 0.1) is 0 Å². The van der Waals surface area contributed by atoms with Crippen LogP contribution < -0.4 is 10.4 Å². The average Bonchev–Trinajstić information content (AvgIpc) is 1.63. The molecule has 0 radical (unpaired) electrons. The Morgan fingerprint density at radius 3 is 2.67 bits per heavy atom. The fourth-order valence-electron chi connectivity index (χ4n) is 0.293. The largest absolute Gasteiger partial charge is 0.565 e. The van der Waals surface area contributed by atoms with Gasteiger partial charge >= 0.3 is 8.03 Å². The van der Waals surface area contributed by atoms with E-state index in [1.165, 1.54) is 5.32 Å². The van der Waals surface area contributed by atoms with Crippen molar-refractivity contribution in [2.45, 2.75) is 0 Å². The van der Waals surface area contributed by atoms with Crippen molar-refractivity contribution >= 4 is 14.0 Å². The summed E-state index contributed by atoms with van der Waals surface area (Å²) in [4.78, 5) is 17.8. The number of hydrogen-bond acceptors (Lipinski definition) is 3. The molecule has 5 nitrogen and oxygen atoms in total. The Labute approximate surface area is 52.6 Å². The Hall–Kier alpha value is -0.510. The van der Waals surface area contributed by atoms with Gasteiger partial charge < -0.3 is 9.90 Å².